The number of H-pyrrole nitrogens is 1. The Morgan fingerprint density at radius 3 is 2.67 bits per heavy atom. The van der Waals surface area contributed by atoms with Gasteiger partial charge in [0.05, 0.1) is 12.8 Å². The molecule has 0 aliphatic rings. The number of amides is 1. The number of ether oxygens (including phenoxy) is 1. The largest absolute Gasteiger partial charge is 0.479 e. The summed E-state index contributed by atoms with van der Waals surface area (Å²) in [5.74, 6) is -0.181. The minimum atomic E-state index is -0.472. The highest BCUT2D eigenvalue weighted by molar-refractivity contribution is 6.05. The summed E-state index contributed by atoms with van der Waals surface area (Å²) in [6.07, 6.45) is 1.59. The monoisotopic (exact) mass is 289 g/mol. The molecule has 0 radical (unpaired) electrons. The number of aromatic amines is 1. The van der Waals surface area contributed by atoms with Crippen molar-refractivity contribution in [2.75, 3.05) is 31.4 Å². The zero-order valence-electron chi connectivity index (χ0n) is 11.9. The van der Waals surface area contributed by atoms with Crippen LogP contribution in [0.2, 0.25) is 0 Å². The molecule has 0 aromatic carbocycles. The van der Waals surface area contributed by atoms with Gasteiger partial charge in [0, 0.05) is 26.4 Å². The molecular weight excluding hydrogens is 274 g/mol. The summed E-state index contributed by atoms with van der Waals surface area (Å²) in [6, 6.07) is 4.32. The molecule has 0 saturated carbocycles. The van der Waals surface area contributed by atoms with E-state index in [9.17, 15) is 9.59 Å². The molecule has 2 N–H and O–H groups in total. The molecule has 0 bridgehead atoms. The van der Waals surface area contributed by atoms with E-state index in [2.05, 4.69) is 20.5 Å². The van der Waals surface area contributed by atoms with Crippen molar-refractivity contribution in [2.45, 2.75) is 0 Å². The summed E-state index contributed by atoms with van der Waals surface area (Å²) >= 11 is 0. The molecule has 0 aliphatic carbocycles. The van der Waals surface area contributed by atoms with E-state index in [1.54, 1.807) is 12.3 Å². The van der Waals surface area contributed by atoms with Gasteiger partial charge in [-0.1, -0.05) is 0 Å². The SMILES string of the molecule is COc1nccc(N(C)C)c1NC(=O)c1ccc(=O)[nH]n1. The first-order valence-corrected chi connectivity index (χ1v) is 6.10. The summed E-state index contributed by atoms with van der Waals surface area (Å²) in [6.45, 7) is 0. The quantitative estimate of drug-likeness (QED) is 0.849. The maximum absolute atomic E-state index is 12.2. The molecule has 0 spiro atoms. The Balaban J connectivity index is 2.36. The van der Waals surface area contributed by atoms with Gasteiger partial charge in [0.25, 0.3) is 11.5 Å². The van der Waals surface area contributed by atoms with E-state index in [0.717, 1.165) is 5.69 Å². The van der Waals surface area contributed by atoms with Gasteiger partial charge in [0.2, 0.25) is 5.88 Å². The maximum atomic E-state index is 12.2. The summed E-state index contributed by atoms with van der Waals surface area (Å²) in [5, 5.41) is 8.58. The Morgan fingerprint density at radius 2 is 2.10 bits per heavy atom. The Labute approximate surface area is 120 Å². The van der Waals surface area contributed by atoms with Gasteiger partial charge in [-0.25, -0.2) is 10.1 Å². The smallest absolute Gasteiger partial charge is 0.276 e. The van der Waals surface area contributed by atoms with E-state index >= 15 is 0 Å². The van der Waals surface area contributed by atoms with Gasteiger partial charge < -0.3 is 15.0 Å². The molecular formula is C13H15N5O3. The number of aromatic nitrogens is 3. The number of hydrogen-bond donors (Lipinski definition) is 2. The molecule has 0 fully saturated rings. The van der Waals surface area contributed by atoms with Gasteiger partial charge in [0.15, 0.2) is 0 Å². The highest BCUT2D eigenvalue weighted by Crippen LogP contribution is 2.32. The van der Waals surface area contributed by atoms with E-state index in [-0.39, 0.29) is 11.3 Å². The van der Waals surface area contributed by atoms with Crippen molar-refractivity contribution in [2.24, 2.45) is 0 Å². The Bertz CT molecular complexity index is 691. The van der Waals surface area contributed by atoms with Crippen molar-refractivity contribution in [1.29, 1.82) is 0 Å². The van der Waals surface area contributed by atoms with Crippen LogP contribution >= 0.6 is 0 Å². The van der Waals surface area contributed by atoms with Crippen LogP contribution < -0.4 is 20.5 Å². The van der Waals surface area contributed by atoms with Gasteiger partial charge in [-0.3, -0.25) is 9.59 Å². The standard InChI is InChI=1S/C13H15N5O3/c1-18(2)9-6-7-14-13(21-3)11(9)15-12(20)8-4-5-10(19)17-16-8/h4-7H,1-3H3,(H,15,20)(H,17,19). The number of hydrogen-bond acceptors (Lipinski definition) is 6. The average molecular weight is 289 g/mol. The number of rotatable bonds is 4. The fourth-order valence-electron chi connectivity index (χ4n) is 1.73. The first-order valence-electron chi connectivity index (χ1n) is 6.10. The number of anilines is 2. The van der Waals surface area contributed by atoms with E-state index in [1.165, 1.54) is 19.2 Å². The lowest BCUT2D eigenvalue weighted by atomic mass is 10.3. The number of pyridine rings is 1. The summed E-state index contributed by atoms with van der Waals surface area (Å²) in [4.78, 5) is 29.0. The summed E-state index contributed by atoms with van der Waals surface area (Å²) in [7, 11) is 5.14. The van der Waals surface area contributed by atoms with Crippen molar-refractivity contribution in [1.82, 2.24) is 15.2 Å². The zero-order chi connectivity index (χ0) is 15.4. The molecule has 2 rings (SSSR count). The van der Waals surface area contributed by atoms with Crippen LogP contribution in [0.3, 0.4) is 0 Å². The first-order chi connectivity index (χ1) is 10.0. The minimum Gasteiger partial charge on any atom is -0.479 e. The molecule has 110 valence electrons. The second-order valence-corrected chi connectivity index (χ2v) is 4.37. The highest BCUT2D eigenvalue weighted by atomic mass is 16.5. The average Bonchev–Trinajstić information content (AvgIpc) is 2.47. The Morgan fingerprint density at radius 1 is 1.33 bits per heavy atom. The van der Waals surface area contributed by atoms with Crippen molar-refractivity contribution in [3.63, 3.8) is 0 Å². The summed E-state index contributed by atoms with van der Waals surface area (Å²) < 4.78 is 5.16. The lowest BCUT2D eigenvalue weighted by molar-refractivity contribution is 0.102. The number of methoxy groups -OCH3 is 1. The second-order valence-electron chi connectivity index (χ2n) is 4.37. The molecule has 21 heavy (non-hydrogen) atoms. The first kappa shape index (κ1) is 14.5. The Kier molecular flexibility index (Phi) is 4.17. The van der Waals surface area contributed by atoms with Crippen LogP contribution in [0.1, 0.15) is 10.5 Å². The highest BCUT2D eigenvalue weighted by Gasteiger charge is 2.17. The fourth-order valence-corrected chi connectivity index (χ4v) is 1.73. The van der Waals surface area contributed by atoms with Gasteiger partial charge in [-0.2, -0.15) is 5.10 Å². The third kappa shape index (κ3) is 3.16. The van der Waals surface area contributed by atoms with E-state index < -0.39 is 5.91 Å². The van der Waals surface area contributed by atoms with Crippen LogP contribution in [0.4, 0.5) is 11.4 Å². The topological polar surface area (TPSA) is 100 Å². The Hall–Kier alpha value is -2.90. The van der Waals surface area contributed by atoms with Crippen LogP contribution in [-0.4, -0.2) is 42.3 Å². The molecule has 2 aromatic heterocycles. The van der Waals surface area contributed by atoms with Crippen LogP contribution in [0.15, 0.2) is 29.2 Å². The predicted molar refractivity (Wildman–Crippen MR) is 77.9 cm³/mol. The van der Waals surface area contributed by atoms with Gasteiger partial charge in [-0.15, -0.1) is 0 Å². The molecule has 2 aromatic rings. The fraction of sp³-hybridized carbons (Fsp3) is 0.231. The van der Waals surface area contributed by atoms with Crippen molar-refractivity contribution in [3.8, 4) is 5.88 Å². The third-order valence-electron chi connectivity index (χ3n) is 2.72. The molecule has 8 nitrogen and oxygen atoms in total. The number of carbonyl (C=O) groups excluding carboxylic acids is 1. The molecule has 8 heteroatoms. The molecule has 0 atom stereocenters. The van der Waals surface area contributed by atoms with E-state index in [1.807, 2.05) is 19.0 Å². The van der Waals surface area contributed by atoms with Crippen LogP contribution in [0.5, 0.6) is 5.88 Å². The van der Waals surface area contributed by atoms with Crippen LogP contribution in [0, 0.1) is 0 Å². The maximum Gasteiger partial charge on any atom is 0.276 e. The van der Waals surface area contributed by atoms with Gasteiger partial charge in [-0.05, 0) is 12.1 Å². The molecule has 1 amide bonds. The molecule has 0 unspecified atom stereocenters. The number of nitrogens with zero attached hydrogens (tertiary/aromatic N) is 3. The van der Waals surface area contributed by atoms with Gasteiger partial charge >= 0.3 is 0 Å². The lowest BCUT2D eigenvalue weighted by Crippen LogP contribution is -2.20. The normalized spacial score (nSPS) is 10.0. The summed E-state index contributed by atoms with van der Waals surface area (Å²) in [5.41, 5.74) is 0.882. The molecule has 0 aliphatic heterocycles. The van der Waals surface area contributed by atoms with Crippen molar-refractivity contribution < 1.29 is 9.53 Å². The lowest BCUT2D eigenvalue weighted by Gasteiger charge is -2.19. The molecule has 2 heterocycles. The second kappa shape index (κ2) is 6.04. The molecule has 0 saturated heterocycles. The van der Waals surface area contributed by atoms with Crippen LogP contribution in [-0.2, 0) is 0 Å². The van der Waals surface area contributed by atoms with Crippen molar-refractivity contribution in [3.05, 3.63) is 40.4 Å². The number of nitrogens with one attached hydrogen (secondary N) is 2. The van der Waals surface area contributed by atoms with E-state index in [4.69, 9.17) is 4.74 Å². The van der Waals surface area contributed by atoms with Crippen LogP contribution in [0.25, 0.3) is 0 Å². The minimum absolute atomic E-state index is 0.0882. The van der Waals surface area contributed by atoms with E-state index in [0.29, 0.717) is 11.6 Å². The third-order valence-corrected chi connectivity index (χ3v) is 2.72. The van der Waals surface area contributed by atoms with Gasteiger partial charge in [0.1, 0.15) is 11.4 Å². The van der Waals surface area contributed by atoms with Crippen molar-refractivity contribution >= 4 is 17.3 Å². The predicted octanol–water partition coefficient (Wildman–Crippen LogP) is 0.492. The zero-order valence-corrected chi connectivity index (χ0v) is 11.9. The number of carbonyl (C=O) groups is 1.